The number of ketones is 1. The van der Waals surface area contributed by atoms with E-state index in [0.29, 0.717) is 6.04 Å². The summed E-state index contributed by atoms with van der Waals surface area (Å²) in [6.07, 6.45) is 0. The van der Waals surface area contributed by atoms with Crippen molar-refractivity contribution in [3.63, 3.8) is 0 Å². The van der Waals surface area contributed by atoms with Crippen LogP contribution in [0.2, 0.25) is 0 Å². The Morgan fingerprint density at radius 2 is 2.26 bits per heavy atom. The van der Waals surface area contributed by atoms with Gasteiger partial charge in [0.15, 0.2) is 5.78 Å². The SMILES string of the molecule is CC(=O)c1cccc(N2CCNC(CN(C)C)C2)c1. The van der Waals surface area contributed by atoms with Crippen LogP contribution >= 0.6 is 0 Å². The lowest BCUT2D eigenvalue weighted by molar-refractivity contribution is 0.101. The number of benzene rings is 1. The highest BCUT2D eigenvalue weighted by Gasteiger charge is 2.20. The van der Waals surface area contributed by atoms with E-state index in [9.17, 15) is 4.79 Å². The van der Waals surface area contributed by atoms with Gasteiger partial charge in [0.05, 0.1) is 0 Å². The molecular formula is C15H23N3O. The highest BCUT2D eigenvalue weighted by atomic mass is 16.1. The Morgan fingerprint density at radius 3 is 2.95 bits per heavy atom. The molecule has 0 aliphatic carbocycles. The number of carbonyl (C=O) groups excluding carboxylic acids is 1. The highest BCUT2D eigenvalue weighted by molar-refractivity contribution is 5.94. The van der Waals surface area contributed by atoms with Crippen LogP contribution in [0.5, 0.6) is 0 Å². The van der Waals surface area contributed by atoms with Crippen molar-refractivity contribution in [2.24, 2.45) is 0 Å². The van der Waals surface area contributed by atoms with Gasteiger partial charge < -0.3 is 15.1 Å². The lowest BCUT2D eigenvalue weighted by atomic mass is 10.1. The minimum atomic E-state index is 0.127. The lowest BCUT2D eigenvalue weighted by Crippen LogP contribution is -2.54. The lowest BCUT2D eigenvalue weighted by Gasteiger charge is -2.36. The molecule has 1 saturated heterocycles. The number of hydrogen-bond donors (Lipinski definition) is 1. The normalized spacial score (nSPS) is 19.8. The smallest absolute Gasteiger partial charge is 0.159 e. The number of rotatable bonds is 4. The Balaban J connectivity index is 2.08. The minimum Gasteiger partial charge on any atom is -0.369 e. The quantitative estimate of drug-likeness (QED) is 0.827. The third-order valence-corrected chi connectivity index (χ3v) is 3.46. The van der Waals surface area contributed by atoms with Crippen molar-refractivity contribution in [3.05, 3.63) is 29.8 Å². The zero-order valence-corrected chi connectivity index (χ0v) is 12.0. The predicted octanol–water partition coefficient (Wildman–Crippen LogP) is 1.23. The van der Waals surface area contributed by atoms with Crippen LogP contribution in [0.4, 0.5) is 5.69 Å². The van der Waals surface area contributed by atoms with E-state index in [0.717, 1.165) is 37.4 Å². The van der Waals surface area contributed by atoms with Crippen molar-refractivity contribution < 1.29 is 4.79 Å². The Bertz CT molecular complexity index is 445. The summed E-state index contributed by atoms with van der Waals surface area (Å²) >= 11 is 0. The van der Waals surface area contributed by atoms with Crippen LogP contribution in [-0.4, -0.2) is 57.0 Å². The molecular weight excluding hydrogens is 238 g/mol. The third kappa shape index (κ3) is 3.78. The maximum Gasteiger partial charge on any atom is 0.159 e. The van der Waals surface area contributed by atoms with Gasteiger partial charge in [-0.25, -0.2) is 0 Å². The summed E-state index contributed by atoms with van der Waals surface area (Å²) in [4.78, 5) is 16.0. The summed E-state index contributed by atoms with van der Waals surface area (Å²) in [5.41, 5.74) is 1.94. The van der Waals surface area contributed by atoms with Gasteiger partial charge in [-0.1, -0.05) is 12.1 Å². The number of nitrogens with one attached hydrogen (secondary N) is 1. The molecule has 104 valence electrons. The molecule has 19 heavy (non-hydrogen) atoms. The van der Waals surface area contributed by atoms with Crippen molar-refractivity contribution in [2.45, 2.75) is 13.0 Å². The summed E-state index contributed by atoms with van der Waals surface area (Å²) in [7, 11) is 4.19. The minimum absolute atomic E-state index is 0.127. The molecule has 0 spiro atoms. The van der Waals surface area contributed by atoms with Gasteiger partial charge >= 0.3 is 0 Å². The van der Waals surface area contributed by atoms with Gasteiger partial charge in [0.2, 0.25) is 0 Å². The summed E-state index contributed by atoms with van der Waals surface area (Å²) in [6.45, 7) is 5.61. The number of likely N-dealkylation sites (N-methyl/N-ethyl adjacent to an activating group) is 1. The Morgan fingerprint density at radius 1 is 1.47 bits per heavy atom. The number of anilines is 1. The second kappa shape index (κ2) is 6.17. The first kappa shape index (κ1) is 14.0. The zero-order valence-electron chi connectivity index (χ0n) is 12.0. The standard InChI is InChI=1S/C15H23N3O/c1-12(19)13-5-4-6-15(9-13)18-8-7-16-14(11-18)10-17(2)3/h4-6,9,14,16H,7-8,10-11H2,1-3H3. The molecule has 1 fully saturated rings. The zero-order chi connectivity index (χ0) is 13.8. The molecule has 1 heterocycles. The first-order valence-corrected chi connectivity index (χ1v) is 6.80. The van der Waals surface area contributed by atoms with E-state index in [2.05, 4.69) is 35.3 Å². The Hall–Kier alpha value is -1.39. The second-order valence-electron chi connectivity index (χ2n) is 5.47. The van der Waals surface area contributed by atoms with Gasteiger partial charge in [-0.05, 0) is 33.2 Å². The second-order valence-corrected chi connectivity index (χ2v) is 5.47. The van der Waals surface area contributed by atoms with E-state index in [-0.39, 0.29) is 5.78 Å². The third-order valence-electron chi connectivity index (χ3n) is 3.46. The van der Waals surface area contributed by atoms with Crippen LogP contribution in [0.1, 0.15) is 17.3 Å². The summed E-state index contributed by atoms with van der Waals surface area (Å²) in [5, 5.41) is 3.54. The van der Waals surface area contributed by atoms with E-state index < -0.39 is 0 Å². The molecule has 1 aliphatic rings. The van der Waals surface area contributed by atoms with Crippen LogP contribution in [0.3, 0.4) is 0 Å². The van der Waals surface area contributed by atoms with E-state index in [1.54, 1.807) is 6.92 Å². The molecule has 1 aromatic rings. The molecule has 4 heteroatoms. The van der Waals surface area contributed by atoms with Crippen molar-refractivity contribution >= 4 is 11.5 Å². The van der Waals surface area contributed by atoms with Crippen LogP contribution in [0.25, 0.3) is 0 Å². The summed E-state index contributed by atoms with van der Waals surface area (Å²) in [6, 6.07) is 8.41. The Labute approximate surface area is 115 Å². The fourth-order valence-corrected chi connectivity index (χ4v) is 2.54. The summed E-state index contributed by atoms with van der Waals surface area (Å²) < 4.78 is 0. The molecule has 0 radical (unpaired) electrons. The molecule has 1 atom stereocenters. The van der Waals surface area contributed by atoms with Crippen LogP contribution in [0, 0.1) is 0 Å². The molecule has 1 N–H and O–H groups in total. The summed E-state index contributed by atoms with van der Waals surface area (Å²) in [5.74, 6) is 0.127. The largest absolute Gasteiger partial charge is 0.369 e. The van der Waals surface area contributed by atoms with Crippen molar-refractivity contribution in [2.75, 3.05) is 45.2 Å². The number of piperazine rings is 1. The van der Waals surface area contributed by atoms with Crippen LogP contribution in [0.15, 0.2) is 24.3 Å². The molecule has 0 saturated carbocycles. The highest BCUT2D eigenvalue weighted by Crippen LogP contribution is 2.18. The topological polar surface area (TPSA) is 35.6 Å². The van der Waals surface area contributed by atoms with E-state index in [4.69, 9.17) is 0 Å². The number of hydrogen-bond acceptors (Lipinski definition) is 4. The molecule has 0 aromatic heterocycles. The maximum absolute atomic E-state index is 11.5. The average Bonchev–Trinajstić information content (AvgIpc) is 2.38. The molecule has 1 aliphatic heterocycles. The van der Waals surface area contributed by atoms with Gasteiger partial charge in [0, 0.05) is 43.5 Å². The van der Waals surface area contributed by atoms with Crippen molar-refractivity contribution in [1.29, 1.82) is 0 Å². The fraction of sp³-hybridized carbons (Fsp3) is 0.533. The number of Topliss-reactive ketones (excluding diaryl/α,β-unsaturated/α-hetero) is 1. The van der Waals surface area contributed by atoms with E-state index in [1.165, 1.54) is 0 Å². The molecule has 0 bridgehead atoms. The fourth-order valence-electron chi connectivity index (χ4n) is 2.54. The van der Waals surface area contributed by atoms with Crippen LogP contribution < -0.4 is 10.2 Å². The van der Waals surface area contributed by atoms with Gasteiger partial charge in [0.25, 0.3) is 0 Å². The van der Waals surface area contributed by atoms with Crippen molar-refractivity contribution in [3.8, 4) is 0 Å². The average molecular weight is 261 g/mol. The molecule has 1 unspecified atom stereocenters. The number of nitrogens with zero attached hydrogens (tertiary/aromatic N) is 2. The molecule has 0 amide bonds. The monoisotopic (exact) mass is 261 g/mol. The van der Waals surface area contributed by atoms with Gasteiger partial charge in [-0.15, -0.1) is 0 Å². The van der Waals surface area contributed by atoms with Gasteiger partial charge in [0.1, 0.15) is 0 Å². The van der Waals surface area contributed by atoms with Gasteiger partial charge in [-0.2, -0.15) is 0 Å². The Kier molecular flexibility index (Phi) is 4.56. The van der Waals surface area contributed by atoms with Crippen molar-refractivity contribution in [1.82, 2.24) is 10.2 Å². The predicted molar refractivity (Wildman–Crippen MR) is 79.0 cm³/mol. The maximum atomic E-state index is 11.5. The molecule has 1 aromatic carbocycles. The van der Waals surface area contributed by atoms with E-state index in [1.807, 2.05) is 18.2 Å². The number of carbonyl (C=O) groups is 1. The first-order valence-electron chi connectivity index (χ1n) is 6.80. The van der Waals surface area contributed by atoms with E-state index >= 15 is 0 Å². The molecule has 2 rings (SSSR count). The van der Waals surface area contributed by atoms with Gasteiger partial charge in [-0.3, -0.25) is 4.79 Å². The molecule has 4 nitrogen and oxygen atoms in total. The van der Waals surface area contributed by atoms with Crippen LogP contribution in [-0.2, 0) is 0 Å². The first-order chi connectivity index (χ1) is 9.06.